The number of amides is 1. The van der Waals surface area contributed by atoms with Crippen molar-refractivity contribution < 1.29 is 14.1 Å². The minimum absolute atomic E-state index is 0.0803. The van der Waals surface area contributed by atoms with Crippen molar-refractivity contribution in [3.63, 3.8) is 0 Å². The first-order valence-electron chi connectivity index (χ1n) is 10.2. The lowest BCUT2D eigenvalue weighted by Gasteiger charge is -2.14. The van der Waals surface area contributed by atoms with Crippen LogP contribution in [0.4, 0.5) is 5.69 Å². The van der Waals surface area contributed by atoms with Crippen LogP contribution in [0.3, 0.4) is 0 Å². The molecule has 0 radical (unpaired) electrons. The second kappa shape index (κ2) is 9.30. The summed E-state index contributed by atoms with van der Waals surface area (Å²) < 4.78 is 6.83. The maximum absolute atomic E-state index is 13.1. The van der Waals surface area contributed by atoms with Crippen LogP contribution in [0.2, 0.25) is 0 Å². The van der Waals surface area contributed by atoms with E-state index in [-0.39, 0.29) is 23.3 Å². The second-order valence-electron chi connectivity index (χ2n) is 7.48. The van der Waals surface area contributed by atoms with Crippen molar-refractivity contribution in [1.29, 1.82) is 0 Å². The van der Waals surface area contributed by atoms with Gasteiger partial charge in [-0.2, -0.15) is 5.10 Å². The number of carbonyl (C=O) groups is 1. The van der Waals surface area contributed by atoms with Crippen molar-refractivity contribution in [3.8, 4) is 17.1 Å². The van der Waals surface area contributed by atoms with Gasteiger partial charge in [-0.3, -0.25) is 14.9 Å². The molecule has 1 unspecified atom stereocenters. The highest BCUT2D eigenvalue weighted by Gasteiger charge is 2.21. The van der Waals surface area contributed by atoms with Gasteiger partial charge in [0, 0.05) is 24.2 Å². The zero-order chi connectivity index (χ0) is 22.5. The summed E-state index contributed by atoms with van der Waals surface area (Å²) in [4.78, 5) is 23.9. The van der Waals surface area contributed by atoms with E-state index in [1.165, 1.54) is 28.6 Å². The average Bonchev–Trinajstić information content (AvgIpc) is 3.48. The van der Waals surface area contributed by atoms with E-state index in [9.17, 15) is 14.9 Å². The molecule has 0 aliphatic rings. The molecule has 8 nitrogen and oxygen atoms in total. The van der Waals surface area contributed by atoms with Crippen LogP contribution >= 0.6 is 0 Å². The van der Waals surface area contributed by atoms with Gasteiger partial charge in [-0.1, -0.05) is 36.4 Å². The number of rotatable bonds is 8. The molecule has 0 aliphatic carbocycles. The molecule has 162 valence electrons. The number of furan rings is 1. The predicted molar refractivity (Wildman–Crippen MR) is 120 cm³/mol. The highest BCUT2D eigenvalue weighted by Crippen LogP contribution is 2.24. The third-order valence-electron chi connectivity index (χ3n) is 5.09. The van der Waals surface area contributed by atoms with Crippen molar-refractivity contribution in [1.82, 2.24) is 15.1 Å². The normalized spacial score (nSPS) is 11.8. The van der Waals surface area contributed by atoms with E-state index in [0.717, 1.165) is 12.8 Å². The molecule has 0 bridgehead atoms. The smallest absolute Gasteiger partial charge is 0.271 e. The third kappa shape index (κ3) is 4.75. The maximum atomic E-state index is 13.1. The molecule has 4 rings (SSSR count). The van der Waals surface area contributed by atoms with Crippen molar-refractivity contribution in [3.05, 3.63) is 100 Å². The number of benzene rings is 2. The summed E-state index contributed by atoms with van der Waals surface area (Å²) in [5, 5.41) is 18.7. The number of non-ortho nitro benzene ring substituents is 1. The van der Waals surface area contributed by atoms with Crippen LogP contribution in [0.5, 0.6) is 0 Å². The average molecular weight is 430 g/mol. The molecule has 0 aliphatic heterocycles. The van der Waals surface area contributed by atoms with Crippen molar-refractivity contribution in [2.24, 2.45) is 0 Å². The zero-order valence-corrected chi connectivity index (χ0v) is 17.5. The quantitative estimate of drug-likeness (QED) is 0.320. The first-order valence-corrected chi connectivity index (χ1v) is 10.2. The summed E-state index contributed by atoms with van der Waals surface area (Å²) in [7, 11) is 0. The van der Waals surface area contributed by atoms with Crippen molar-refractivity contribution >= 4 is 11.6 Å². The molecule has 1 atom stereocenters. The van der Waals surface area contributed by atoms with E-state index < -0.39 is 4.92 Å². The van der Waals surface area contributed by atoms with Crippen LogP contribution < -0.4 is 5.32 Å². The number of nitrogens with one attached hydrogen (secondary N) is 1. The molecule has 0 fully saturated rings. The molecule has 0 saturated heterocycles. The van der Waals surface area contributed by atoms with Crippen molar-refractivity contribution in [2.75, 3.05) is 0 Å². The second-order valence-corrected chi connectivity index (χ2v) is 7.48. The van der Waals surface area contributed by atoms with Gasteiger partial charge in [-0.15, -0.1) is 0 Å². The lowest BCUT2D eigenvalue weighted by molar-refractivity contribution is -0.384. The first-order chi connectivity index (χ1) is 15.5. The van der Waals surface area contributed by atoms with Crippen LogP contribution in [0.1, 0.15) is 29.4 Å². The Kier molecular flexibility index (Phi) is 6.12. The fraction of sp³-hybridized carbons (Fsp3) is 0.167. The summed E-state index contributed by atoms with van der Waals surface area (Å²) in [6.07, 6.45) is 3.13. The molecule has 2 heterocycles. The monoisotopic (exact) mass is 430 g/mol. The van der Waals surface area contributed by atoms with E-state index in [2.05, 4.69) is 22.5 Å². The molecule has 2 aromatic carbocycles. The molecule has 1 amide bonds. The molecular formula is C24H22N4O4. The standard InChI is InChI=1S/C24H22N4O4/c1-17(12-13-18-7-3-2-4-8-18)25-24(29)22-16-21(23-11-6-14-32-23)26-27(22)19-9-5-10-20(15-19)28(30)31/h2-11,14-17H,12-13H2,1H3,(H,25,29). The fourth-order valence-electron chi connectivity index (χ4n) is 3.42. The van der Waals surface area contributed by atoms with Gasteiger partial charge >= 0.3 is 0 Å². The van der Waals surface area contributed by atoms with Gasteiger partial charge in [0.25, 0.3) is 11.6 Å². The van der Waals surface area contributed by atoms with Gasteiger partial charge in [-0.25, -0.2) is 4.68 Å². The summed E-state index contributed by atoms with van der Waals surface area (Å²) >= 11 is 0. The Labute approximate surface area is 184 Å². The van der Waals surface area contributed by atoms with E-state index >= 15 is 0 Å². The highest BCUT2D eigenvalue weighted by atomic mass is 16.6. The number of aromatic nitrogens is 2. The number of hydrogen-bond acceptors (Lipinski definition) is 5. The van der Waals surface area contributed by atoms with Gasteiger partial charge < -0.3 is 9.73 Å². The number of nitro groups is 1. The molecule has 0 saturated carbocycles. The van der Waals surface area contributed by atoms with Crippen LogP contribution in [0, 0.1) is 10.1 Å². The maximum Gasteiger partial charge on any atom is 0.271 e. The van der Waals surface area contributed by atoms with Gasteiger partial charge in [0.1, 0.15) is 11.4 Å². The Balaban J connectivity index is 1.59. The topological polar surface area (TPSA) is 103 Å². The van der Waals surface area contributed by atoms with E-state index in [1.54, 1.807) is 30.3 Å². The van der Waals surface area contributed by atoms with Gasteiger partial charge in [0.05, 0.1) is 16.9 Å². The fourth-order valence-corrected chi connectivity index (χ4v) is 3.42. The molecule has 1 N–H and O–H groups in total. The summed E-state index contributed by atoms with van der Waals surface area (Å²) in [6.45, 7) is 1.95. The van der Waals surface area contributed by atoms with Crippen LogP contribution in [0.15, 0.2) is 83.5 Å². The molecule has 4 aromatic rings. The molecule has 32 heavy (non-hydrogen) atoms. The first kappa shape index (κ1) is 21.0. The van der Waals surface area contributed by atoms with Crippen molar-refractivity contribution in [2.45, 2.75) is 25.8 Å². The minimum Gasteiger partial charge on any atom is -0.463 e. The SMILES string of the molecule is CC(CCc1ccccc1)NC(=O)c1cc(-c2ccco2)nn1-c1cccc([N+](=O)[O-])c1. The number of nitro benzene ring substituents is 1. The number of aryl methyl sites for hydroxylation is 1. The summed E-state index contributed by atoms with van der Waals surface area (Å²) in [5.74, 6) is 0.183. The minimum atomic E-state index is -0.480. The Morgan fingerprint density at radius 1 is 1.12 bits per heavy atom. The van der Waals surface area contributed by atoms with Gasteiger partial charge in [-0.05, 0) is 43.5 Å². The van der Waals surface area contributed by atoms with Gasteiger partial charge in [0.15, 0.2) is 5.76 Å². The Morgan fingerprint density at radius 2 is 1.94 bits per heavy atom. The van der Waals surface area contributed by atoms with Crippen LogP contribution in [0.25, 0.3) is 17.1 Å². The Morgan fingerprint density at radius 3 is 2.66 bits per heavy atom. The van der Waals surface area contributed by atoms with E-state index in [4.69, 9.17) is 4.42 Å². The Bertz CT molecular complexity index is 1220. The molecular weight excluding hydrogens is 408 g/mol. The molecule has 0 spiro atoms. The number of nitrogens with zero attached hydrogens (tertiary/aromatic N) is 3. The molecule has 2 aromatic heterocycles. The van der Waals surface area contributed by atoms with E-state index in [1.807, 2.05) is 25.1 Å². The Hall–Kier alpha value is -4.20. The number of carbonyl (C=O) groups excluding carboxylic acids is 1. The summed E-state index contributed by atoms with van der Waals surface area (Å²) in [6, 6.07) is 21.1. The van der Waals surface area contributed by atoms with E-state index in [0.29, 0.717) is 17.1 Å². The lowest BCUT2D eigenvalue weighted by Crippen LogP contribution is -2.34. The van der Waals surface area contributed by atoms with Crippen LogP contribution in [-0.4, -0.2) is 26.7 Å². The molecule has 8 heteroatoms. The third-order valence-corrected chi connectivity index (χ3v) is 5.09. The highest BCUT2D eigenvalue weighted by molar-refractivity contribution is 5.94. The van der Waals surface area contributed by atoms with Crippen LogP contribution in [-0.2, 0) is 6.42 Å². The zero-order valence-electron chi connectivity index (χ0n) is 17.5. The lowest BCUT2D eigenvalue weighted by atomic mass is 10.1. The largest absolute Gasteiger partial charge is 0.463 e. The predicted octanol–water partition coefficient (Wildman–Crippen LogP) is 4.79. The summed E-state index contributed by atoms with van der Waals surface area (Å²) in [5.41, 5.74) is 2.27. The number of hydrogen-bond donors (Lipinski definition) is 1. The van der Waals surface area contributed by atoms with Gasteiger partial charge in [0.2, 0.25) is 0 Å².